The van der Waals surface area contributed by atoms with Crippen LogP contribution >= 0.6 is 11.8 Å². The van der Waals surface area contributed by atoms with Gasteiger partial charge in [0, 0.05) is 22.0 Å². The summed E-state index contributed by atoms with van der Waals surface area (Å²) < 4.78 is 12.3. The normalized spacial score (nSPS) is 54.8. The van der Waals surface area contributed by atoms with E-state index < -0.39 is 16.4 Å². The monoisotopic (exact) mass is 288 g/mol. The summed E-state index contributed by atoms with van der Waals surface area (Å²) >= 11 is 1.76. The fourth-order valence-electron chi connectivity index (χ4n) is 4.62. The average molecular weight is 288 g/mol. The second-order valence-electron chi connectivity index (χ2n) is 7.06. The molecule has 1 saturated heterocycles. The molecule has 0 amide bonds. The minimum absolute atomic E-state index is 0.0548. The molecule has 1 aliphatic heterocycles. The van der Waals surface area contributed by atoms with Gasteiger partial charge < -0.3 is 5.11 Å². The smallest absolute Gasteiger partial charge is 0.109 e. The van der Waals surface area contributed by atoms with Gasteiger partial charge in [-0.2, -0.15) is 0 Å². The largest absolute Gasteiger partial charge is 0.387 e. The molecule has 0 radical (unpaired) electrons. The first-order valence-corrected chi connectivity index (χ1v) is 9.47. The Labute approximate surface area is 117 Å². The average Bonchev–Trinajstić information content (AvgIpc) is 2.61. The summed E-state index contributed by atoms with van der Waals surface area (Å²) in [5, 5.41) is 11.4. The number of hydrogen-bond acceptors (Lipinski definition) is 3. The number of rotatable bonds is 1. The highest BCUT2D eigenvalue weighted by molar-refractivity contribution is 8.12. The Hall–Kier alpha value is 0.460. The number of fused-ring (bicyclic) bond motifs is 2. The molecule has 0 aromatic heterocycles. The van der Waals surface area contributed by atoms with E-state index in [0.717, 1.165) is 30.8 Å². The van der Waals surface area contributed by atoms with Crippen LogP contribution in [0, 0.1) is 16.7 Å². The summed E-state index contributed by atoms with van der Waals surface area (Å²) in [6.45, 7) is 6.85. The van der Waals surface area contributed by atoms with Crippen molar-refractivity contribution in [1.82, 2.24) is 0 Å². The van der Waals surface area contributed by atoms with Crippen LogP contribution < -0.4 is 0 Å². The highest BCUT2D eigenvalue weighted by Crippen LogP contribution is 2.71. The Morgan fingerprint density at radius 3 is 2.56 bits per heavy atom. The van der Waals surface area contributed by atoms with Crippen molar-refractivity contribution < 1.29 is 9.32 Å². The molecule has 1 unspecified atom stereocenters. The Morgan fingerprint density at radius 2 is 2.06 bits per heavy atom. The van der Waals surface area contributed by atoms with Crippen LogP contribution in [0.3, 0.4) is 0 Å². The molecule has 0 aromatic rings. The van der Waals surface area contributed by atoms with Crippen molar-refractivity contribution in [3.8, 4) is 0 Å². The third-order valence-corrected chi connectivity index (χ3v) is 10.2. The molecule has 2 nitrogen and oxygen atoms in total. The van der Waals surface area contributed by atoms with E-state index in [1.165, 1.54) is 6.42 Å². The third kappa shape index (κ3) is 1.43. The lowest BCUT2D eigenvalue weighted by molar-refractivity contribution is -0.0771. The molecule has 0 aromatic carbocycles. The van der Waals surface area contributed by atoms with E-state index in [0.29, 0.717) is 5.92 Å². The first-order valence-electron chi connectivity index (χ1n) is 7.04. The molecule has 3 rings (SSSR count). The lowest BCUT2D eigenvalue weighted by Gasteiger charge is -2.49. The van der Waals surface area contributed by atoms with Crippen molar-refractivity contribution in [3.05, 3.63) is 0 Å². The number of hydrogen-bond donors (Lipinski definition) is 1. The number of thioether (sulfide) groups is 1. The van der Waals surface area contributed by atoms with E-state index in [2.05, 4.69) is 20.8 Å². The highest BCUT2D eigenvalue weighted by Gasteiger charge is 2.71. The SMILES string of the molecule is CC1(C)[C@H]2CC[C@]1(C)[C@](O)([C@@H]1SCCCS1=O)C2. The molecular weight excluding hydrogens is 264 g/mol. The van der Waals surface area contributed by atoms with Crippen LogP contribution in [0.1, 0.15) is 46.5 Å². The van der Waals surface area contributed by atoms with Crippen molar-refractivity contribution in [3.63, 3.8) is 0 Å². The van der Waals surface area contributed by atoms with E-state index in [1.54, 1.807) is 11.8 Å². The first kappa shape index (κ1) is 13.4. The molecule has 1 N–H and O–H groups in total. The Morgan fingerprint density at radius 1 is 1.33 bits per heavy atom. The van der Waals surface area contributed by atoms with Gasteiger partial charge in [0.1, 0.15) is 4.58 Å². The van der Waals surface area contributed by atoms with Crippen molar-refractivity contribution in [1.29, 1.82) is 0 Å². The van der Waals surface area contributed by atoms with Gasteiger partial charge in [0.15, 0.2) is 0 Å². The molecule has 2 bridgehead atoms. The third-order valence-electron chi connectivity index (χ3n) is 6.34. The van der Waals surface area contributed by atoms with E-state index in [4.69, 9.17) is 0 Å². The fraction of sp³-hybridized carbons (Fsp3) is 1.00. The van der Waals surface area contributed by atoms with Gasteiger partial charge in [0.2, 0.25) is 0 Å². The molecule has 1 heterocycles. The molecule has 4 heteroatoms. The Balaban J connectivity index is 1.99. The summed E-state index contributed by atoms with van der Waals surface area (Å²) in [5.74, 6) is 2.44. The summed E-state index contributed by atoms with van der Waals surface area (Å²) in [6, 6.07) is 0. The van der Waals surface area contributed by atoms with E-state index in [1.807, 2.05) is 0 Å². The van der Waals surface area contributed by atoms with Gasteiger partial charge in [0.05, 0.1) is 5.60 Å². The zero-order chi connectivity index (χ0) is 13.2. The zero-order valence-electron chi connectivity index (χ0n) is 11.6. The fourth-order valence-corrected chi connectivity index (χ4v) is 8.57. The molecule has 2 aliphatic carbocycles. The maximum absolute atomic E-state index is 12.3. The van der Waals surface area contributed by atoms with Gasteiger partial charge >= 0.3 is 0 Å². The Bertz CT molecular complexity index is 395. The minimum Gasteiger partial charge on any atom is -0.387 e. The van der Waals surface area contributed by atoms with Crippen LogP contribution in [0.2, 0.25) is 0 Å². The molecule has 0 spiro atoms. The quantitative estimate of drug-likeness (QED) is 0.806. The van der Waals surface area contributed by atoms with Crippen LogP contribution in [0.5, 0.6) is 0 Å². The first-order chi connectivity index (χ1) is 8.33. The molecule has 104 valence electrons. The summed E-state index contributed by atoms with van der Waals surface area (Å²) in [6.07, 6.45) is 4.22. The lowest BCUT2D eigenvalue weighted by atomic mass is 9.65. The topological polar surface area (TPSA) is 37.3 Å². The molecule has 18 heavy (non-hydrogen) atoms. The zero-order valence-corrected chi connectivity index (χ0v) is 13.2. The van der Waals surface area contributed by atoms with Crippen LogP contribution in [0.25, 0.3) is 0 Å². The van der Waals surface area contributed by atoms with Crippen LogP contribution in [0.15, 0.2) is 0 Å². The van der Waals surface area contributed by atoms with Crippen molar-refractivity contribution in [2.75, 3.05) is 11.5 Å². The van der Waals surface area contributed by atoms with Gasteiger partial charge in [0.25, 0.3) is 0 Å². The van der Waals surface area contributed by atoms with Crippen molar-refractivity contribution >= 4 is 22.6 Å². The maximum Gasteiger partial charge on any atom is 0.109 e. The van der Waals surface area contributed by atoms with Crippen LogP contribution in [0.4, 0.5) is 0 Å². The van der Waals surface area contributed by atoms with Gasteiger partial charge in [-0.15, -0.1) is 11.8 Å². The summed E-state index contributed by atoms with van der Waals surface area (Å²) in [5.41, 5.74) is -0.589. The van der Waals surface area contributed by atoms with Gasteiger partial charge in [-0.3, -0.25) is 4.21 Å². The lowest BCUT2D eigenvalue weighted by Crippen LogP contribution is -2.56. The van der Waals surface area contributed by atoms with E-state index in [-0.39, 0.29) is 15.4 Å². The molecule has 5 atom stereocenters. The van der Waals surface area contributed by atoms with E-state index in [9.17, 15) is 9.32 Å². The molecule has 3 aliphatic rings. The molecular formula is C14H24O2S2. The predicted octanol–water partition coefficient (Wildman–Crippen LogP) is 2.78. The molecule has 2 saturated carbocycles. The Kier molecular flexibility index (Phi) is 2.98. The summed E-state index contributed by atoms with van der Waals surface area (Å²) in [7, 11) is -0.855. The molecule has 3 fully saturated rings. The standard InChI is InChI=1S/C14H24O2S2/c1-12(2)10-5-6-13(12,3)14(15,9-10)11-17-7-4-8-18(11)16/h10-11,15H,4-9H2,1-3H3/t10-,11+,13-,14+,18?/m0/s1. The van der Waals surface area contributed by atoms with Crippen LogP contribution in [-0.4, -0.2) is 31.0 Å². The van der Waals surface area contributed by atoms with Crippen molar-refractivity contribution in [2.45, 2.75) is 56.6 Å². The summed E-state index contributed by atoms with van der Waals surface area (Å²) in [4.78, 5) is 0. The number of aliphatic hydroxyl groups is 1. The van der Waals surface area contributed by atoms with Gasteiger partial charge in [-0.1, -0.05) is 20.8 Å². The van der Waals surface area contributed by atoms with Gasteiger partial charge in [-0.05, 0) is 42.8 Å². The maximum atomic E-state index is 12.3. The van der Waals surface area contributed by atoms with Crippen molar-refractivity contribution in [2.24, 2.45) is 16.7 Å². The second kappa shape index (κ2) is 3.98. The van der Waals surface area contributed by atoms with Crippen LogP contribution in [-0.2, 0) is 10.8 Å². The highest BCUT2D eigenvalue weighted by atomic mass is 32.2. The van der Waals surface area contributed by atoms with Gasteiger partial charge in [-0.25, -0.2) is 0 Å². The predicted molar refractivity (Wildman–Crippen MR) is 78.1 cm³/mol. The minimum atomic E-state index is -0.855. The second-order valence-corrected chi connectivity index (χ2v) is 10.2. The van der Waals surface area contributed by atoms with E-state index >= 15 is 0 Å².